The quantitative estimate of drug-likeness (QED) is 0.324. The van der Waals surface area contributed by atoms with Crippen LogP contribution < -0.4 is 4.74 Å². The first-order chi connectivity index (χ1) is 11.3. The lowest BCUT2D eigenvalue weighted by Crippen LogP contribution is -2.12. The van der Waals surface area contributed by atoms with Crippen molar-refractivity contribution >= 4 is 11.7 Å². The van der Waals surface area contributed by atoms with Crippen molar-refractivity contribution in [2.24, 2.45) is 0 Å². The van der Waals surface area contributed by atoms with Crippen molar-refractivity contribution < 1.29 is 14.3 Å². The highest BCUT2D eigenvalue weighted by atomic mass is 16.5. The van der Waals surface area contributed by atoms with E-state index in [9.17, 15) is 4.79 Å². The smallest absolute Gasteiger partial charge is 0.338 e. The number of ether oxygens (including phenoxy) is 2. The molecular formula is C20H20O3. The average molecular weight is 308 g/mol. The van der Waals surface area contributed by atoms with Crippen molar-refractivity contribution in [2.45, 2.75) is 13.3 Å². The maximum atomic E-state index is 12.3. The molecule has 0 bridgehead atoms. The van der Waals surface area contributed by atoms with E-state index in [0.29, 0.717) is 30.1 Å². The van der Waals surface area contributed by atoms with Gasteiger partial charge >= 0.3 is 5.97 Å². The molecule has 0 saturated carbocycles. The number of esters is 1. The van der Waals surface area contributed by atoms with Crippen LogP contribution in [0.3, 0.4) is 0 Å². The Bertz CT molecular complexity index is 673. The largest absolute Gasteiger partial charge is 0.463 e. The van der Waals surface area contributed by atoms with Gasteiger partial charge in [0.1, 0.15) is 11.5 Å². The first-order valence-electron chi connectivity index (χ1n) is 7.55. The zero-order valence-corrected chi connectivity index (χ0v) is 13.2. The number of benzene rings is 2. The Balaban J connectivity index is 2.51. The Labute approximate surface area is 136 Å². The monoisotopic (exact) mass is 308 g/mol. The molecular weight excluding hydrogens is 288 g/mol. The van der Waals surface area contributed by atoms with E-state index < -0.39 is 0 Å². The molecule has 0 aliphatic rings. The zero-order valence-electron chi connectivity index (χ0n) is 13.2. The van der Waals surface area contributed by atoms with E-state index in [-0.39, 0.29) is 5.97 Å². The fourth-order valence-corrected chi connectivity index (χ4v) is 2.12. The lowest BCUT2D eigenvalue weighted by molar-refractivity contribution is -0.138. The van der Waals surface area contributed by atoms with Gasteiger partial charge < -0.3 is 9.47 Å². The highest BCUT2D eigenvalue weighted by molar-refractivity contribution is 5.96. The minimum Gasteiger partial charge on any atom is -0.463 e. The van der Waals surface area contributed by atoms with E-state index >= 15 is 0 Å². The maximum absolute atomic E-state index is 12.3. The van der Waals surface area contributed by atoms with Crippen molar-refractivity contribution in [1.29, 1.82) is 0 Å². The summed E-state index contributed by atoms with van der Waals surface area (Å²) in [5, 5.41) is 0. The molecule has 0 aliphatic carbocycles. The second kappa shape index (κ2) is 8.59. The summed E-state index contributed by atoms with van der Waals surface area (Å²) < 4.78 is 11.2. The minimum atomic E-state index is -0.387. The van der Waals surface area contributed by atoms with Gasteiger partial charge in [0.2, 0.25) is 0 Å². The lowest BCUT2D eigenvalue weighted by Gasteiger charge is -2.15. The second-order valence-electron chi connectivity index (χ2n) is 4.80. The minimum absolute atomic E-state index is 0.312. The first-order valence-corrected chi connectivity index (χ1v) is 7.55. The van der Waals surface area contributed by atoms with Gasteiger partial charge in [-0.3, -0.25) is 0 Å². The van der Waals surface area contributed by atoms with Crippen molar-refractivity contribution in [1.82, 2.24) is 0 Å². The molecule has 0 radical (unpaired) electrons. The van der Waals surface area contributed by atoms with Gasteiger partial charge in [-0.1, -0.05) is 54.6 Å². The van der Waals surface area contributed by atoms with Crippen LogP contribution in [0.2, 0.25) is 0 Å². The van der Waals surface area contributed by atoms with Crippen LogP contribution in [0.5, 0.6) is 5.75 Å². The SMILES string of the molecule is C=CC/C(C(=O)OCC)=C(\Oc1ccccc1)c1ccccc1. The van der Waals surface area contributed by atoms with E-state index in [4.69, 9.17) is 9.47 Å². The van der Waals surface area contributed by atoms with Gasteiger partial charge in [-0.25, -0.2) is 4.79 Å². The third kappa shape index (κ3) is 4.58. The van der Waals surface area contributed by atoms with E-state index in [0.717, 1.165) is 5.56 Å². The Kier molecular flexibility index (Phi) is 6.18. The predicted molar refractivity (Wildman–Crippen MR) is 91.9 cm³/mol. The van der Waals surface area contributed by atoms with Gasteiger partial charge in [0.05, 0.1) is 12.2 Å². The number of hydrogen-bond acceptors (Lipinski definition) is 3. The Morgan fingerprint density at radius 1 is 1.04 bits per heavy atom. The molecule has 0 unspecified atom stereocenters. The van der Waals surface area contributed by atoms with Gasteiger partial charge in [-0.15, -0.1) is 6.58 Å². The molecule has 0 atom stereocenters. The molecule has 2 aromatic carbocycles. The summed E-state index contributed by atoms with van der Waals surface area (Å²) in [6.07, 6.45) is 2.04. The van der Waals surface area contributed by atoms with E-state index in [1.165, 1.54) is 0 Å². The summed E-state index contributed by atoms with van der Waals surface area (Å²) in [4.78, 5) is 12.3. The second-order valence-corrected chi connectivity index (χ2v) is 4.80. The summed E-state index contributed by atoms with van der Waals surface area (Å²) in [5.41, 5.74) is 1.28. The fourth-order valence-electron chi connectivity index (χ4n) is 2.12. The molecule has 0 spiro atoms. The predicted octanol–water partition coefficient (Wildman–Crippen LogP) is 4.62. The number of allylic oxidation sites excluding steroid dienone is 1. The highest BCUT2D eigenvalue weighted by Crippen LogP contribution is 2.26. The molecule has 0 aromatic heterocycles. The molecule has 0 fully saturated rings. The third-order valence-corrected chi connectivity index (χ3v) is 3.14. The third-order valence-electron chi connectivity index (χ3n) is 3.14. The van der Waals surface area contributed by atoms with Crippen LogP contribution in [0.1, 0.15) is 18.9 Å². The molecule has 118 valence electrons. The van der Waals surface area contributed by atoms with Crippen LogP contribution >= 0.6 is 0 Å². The van der Waals surface area contributed by atoms with E-state index in [1.54, 1.807) is 13.0 Å². The number of rotatable bonds is 7. The van der Waals surface area contributed by atoms with Gasteiger partial charge in [0.25, 0.3) is 0 Å². The van der Waals surface area contributed by atoms with Gasteiger partial charge in [0, 0.05) is 12.0 Å². The molecule has 0 N–H and O–H groups in total. The highest BCUT2D eigenvalue weighted by Gasteiger charge is 2.19. The molecule has 0 amide bonds. The fraction of sp³-hybridized carbons (Fsp3) is 0.150. The molecule has 3 heteroatoms. The Morgan fingerprint density at radius 3 is 2.22 bits per heavy atom. The number of para-hydroxylation sites is 1. The number of carbonyl (C=O) groups excluding carboxylic acids is 1. The molecule has 23 heavy (non-hydrogen) atoms. The van der Waals surface area contributed by atoms with Crippen molar-refractivity contribution in [3.05, 3.63) is 84.5 Å². The zero-order chi connectivity index (χ0) is 16.5. The normalized spacial score (nSPS) is 11.3. The maximum Gasteiger partial charge on any atom is 0.338 e. The molecule has 0 saturated heterocycles. The molecule has 2 rings (SSSR count). The topological polar surface area (TPSA) is 35.5 Å². The Hall–Kier alpha value is -2.81. The molecule has 0 heterocycles. The van der Waals surface area contributed by atoms with Gasteiger partial charge in [-0.05, 0) is 19.1 Å². The van der Waals surface area contributed by atoms with Crippen LogP contribution in [-0.4, -0.2) is 12.6 Å². The van der Waals surface area contributed by atoms with Crippen molar-refractivity contribution in [3.63, 3.8) is 0 Å². The van der Waals surface area contributed by atoms with E-state index in [2.05, 4.69) is 6.58 Å². The standard InChI is InChI=1S/C20H20O3/c1-3-11-18(20(21)22-4-2)19(16-12-7-5-8-13-16)23-17-14-9-6-10-15-17/h3,5-10,12-15H,1,4,11H2,2H3/b19-18+. The van der Waals surface area contributed by atoms with Crippen molar-refractivity contribution in [3.8, 4) is 5.75 Å². The summed E-state index contributed by atoms with van der Waals surface area (Å²) in [6.45, 7) is 5.82. The number of hydrogen-bond donors (Lipinski definition) is 0. The van der Waals surface area contributed by atoms with Crippen LogP contribution in [0.4, 0.5) is 0 Å². The molecule has 3 nitrogen and oxygen atoms in total. The van der Waals surface area contributed by atoms with Crippen LogP contribution in [0.25, 0.3) is 5.76 Å². The van der Waals surface area contributed by atoms with Crippen LogP contribution in [-0.2, 0) is 9.53 Å². The average Bonchev–Trinajstić information content (AvgIpc) is 2.60. The number of carbonyl (C=O) groups is 1. The molecule has 2 aromatic rings. The Morgan fingerprint density at radius 2 is 1.65 bits per heavy atom. The van der Waals surface area contributed by atoms with Crippen molar-refractivity contribution in [2.75, 3.05) is 6.61 Å². The van der Waals surface area contributed by atoms with Gasteiger partial charge in [0.15, 0.2) is 0 Å². The first kappa shape index (κ1) is 16.6. The van der Waals surface area contributed by atoms with Gasteiger partial charge in [-0.2, -0.15) is 0 Å². The van der Waals surface area contributed by atoms with E-state index in [1.807, 2.05) is 60.7 Å². The summed E-state index contributed by atoms with van der Waals surface area (Å²) in [5.74, 6) is 0.773. The summed E-state index contributed by atoms with van der Waals surface area (Å²) >= 11 is 0. The lowest BCUT2D eigenvalue weighted by atomic mass is 10.1. The molecule has 0 aliphatic heterocycles. The van der Waals surface area contributed by atoms with Crippen LogP contribution in [0, 0.1) is 0 Å². The van der Waals surface area contributed by atoms with Crippen LogP contribution in [0.15, 0.2) is 78.9 Å². The summed E-state index contributed by atoms with van der Waals surface area (Å²) in [7, 11) is 0. The summed E-state index contributed by atoms with van der Waals surface area (Å²) in [6, 6.07) is 18.9.